The summed E-state index contributed by atoms with van der Waals surface area (Å²) in [5, 5.41) is 8.04. The number of guanidine groups is 1. The van der Waals surface area contributed by atoms with Crippen molar-refractivity contribution in [3.05, 3.63) is 50.4 Å². The number of halogens is 2. The zero-order chi connectivity index (χ0) is 19.8. The van der Waals surface area contributed by atoms with Crippen LogP contribution in [0.25, 0.3) is 0 Å². The highest BCUT2D eigenvalue weighted by Crippen LogP contribution is 2.24. The van der Waals surface area contributed by atoms with Gasteiger partial charge < -0.3 is 15.4 Å². The van der Waals surface area contributed by atoms with Gasteiger partial charge in [-0.3, -0.25) is 0 Å². The van der Waals surface area contributed by atoms with E-state index in [1.54, 1.807) is 6.92 Å². The summed E-state index contributed by atoms with van der Waals surface area (Å²) in [4.78, 5) is 21.6. The van der Waals surface area contributed by atoms with Gasteiger partial charge in [0.2, 0.25) is 0 Å². The minimum Gasteiger partial charge on any atom is -0.462 e. The molecule has 6 nitrogen and oxygen atoms in total. The van der Waals surface area contributed by atoms with Crippen molar-refractivity contribution in [2.24, 2.45) is 4.99 Å². The molecule has 1 unspecified atom stereocenters. The third kappa shape index (κ3) is 6.89. The Kier molecular flexibility index (Phi) is 10.8. The van der Waals surface area contributed by atoms with Gasteiger partial charge >= 0.3 is 5.97 Å². The van der Waals surface area contributed by atoms with Crippen molar-refractivity contribution < 1.29 is 9.53 Å². The fraction of sp³-hybridized carbons (Fsp3) is 0.421. The maximum atomic E-state index is 12.0. The first kappa shape index (κ1) is 24.6. The molecule has 0 bridgehead atoms. The lowest BCUT2D eigenvalue weighted by atomic mass is 10.2. The lowest BCUT2D eigenvalue weighted by Gasteiger charge is -2.16. The van der Waals surface area contributed by atoms with Gasteiger partial charge in [0.25, 0.3) is 0 Å². The number of thiazole rings is 1. The number of aliphatic imine (C=N–C) groups is 1. The van der Waals surface area contributed by atoms with Crippen LogP contribution in [0.3, 0.4) is 0 Å². The topological polar surface area (TPSA) is 75.6 Å². The second kappa shape index (κ2) is 12.2. The molecule has 2 aromatic rings. The Hall–Kier alpha value is -1.39. The van der Waals surface area contributed by atoms with Gasteiger partial charge in [-0.25, -0.2) is 14.8 Å². The monoisotopic (exact) mass is 536 g/mol. The Morgan fingerprint density at radius 3 is 2.71 bits per heavy atom. The first-order chi connectivity index (χ1) is 13.0. The SMILES string of the molecule is CCNC(=NCc1ccccc1Cl)NC(C)c1nc(C)c(C(=O)OCC)s1.I. The van der Waals surface area contributed by atoms with Crippen LogP contribution in [0.15, 0.2) is 29.3 Å². The number of rotatable bonds is 7. The Morgan fingerprint density at radius 2 is 2.07 bits per heavy atom. The van der Waals surface area contributed by atoms with Crippen LogP contribution >= 0.6 is 46.9 Å². The summed E-state index contributed by atoms with van der Waals surface area (Å²) in [5.74, 6) is 0.334. The second-order valence-corrected chi connectivity index (χ2v) is 7.28. The van der Waals surface area contributed by atoms with Gasteiger partial charge in [-0.05, 0) is 39.3 Å². The Morgan fingerprint density at radius 1 is 1.36 bits per heavy atom. The lowest BCUT2D eigenvalue weighted by Crippen LogP contribution is -2.38. The molecule has 28 heavy (non-hydrogen) atoms. The van der Waals surface area contributed by atoms with Crippen molar-refractivity contribution in [2.75, 3.05) is 13.2 Å². The molecular formula is C19H26ClIN4O2S. The number of hydrogen-bond donors (Lipinski definition) is 2. The Bertz CT molecular complexity index is 813. The number of aryl methyl sites for hydroxylation is 1. The van der Waals surface area contributed by atoms with Crippen molar-refractivity contribution in [2.45, 2.75) is 40.3 Å². The van der Waals surface area contributed by atoms with Gasteiger partial charge in [-0.2, -0.15) is 0 Å². The van der Waals surface area contributed by atoms with Crippen molar-refractivity contribution >= 4 is 58.8 Å². The van der Waals surface area contributed by atoms with Crippen LogP contribution in [0.4, 0.5) is 0 Å². The van der Waals surface area contributed by atoms with Crippen LogP contribution in [-0.2, 0) is 11.3 Å². The zero-order valence-electron chi connectivity index (χ0n) is 16.4. The van der Waals surface area contributed by atoms with E-state index < -0.39 is 0 Å². The summed E-state index contributed by atoms with van der Waals surface area (Å²) in [7, 11) is 0. The minimum absolute atomic E-state index is 0. The van der Waals surface area contributed by atoms with Gasteiger partial charge in [-0.15, -0.1) is 35.3 Å². The number of carbonyl (C=O) groups is 1. The molecule has 2 N–H and O–H groups in total. The van der Waals surface area contributed by atoms with Crippen LogP contribution in [0.2, 0.25) is 5.02 Å². The molecular weight excluding hydrogens is 511 g/mol. The van der Waals surface area contributed by atoms with Crippen molar-refractivity contribution in [3.8, 4) is 0 Å². The number of carbonyl (C=O) groups excluding carboxylic acids is 1. The third-order valence-electron chi connectivity index (χ3n) is 3.71. The van der Waals surface area contributed by atoms with Crippen LogP contribution in [0.1, 0.15) is 52.7 Å². The molecule has 0 aliphatic rings. The summed E-state index contributed by atoms with van der Waals surface area (Å²) < 4.78 is 5.08. The average molecular weight is 537 g/mol. The molecule has 0 spiro atoms. The first-order valence-electron chi connectivity index (χ1n) is 8.88. The second-order valence-electron chi connectivity index (χ2n) is 5.84. The molecule has 0 saturated heterocycles. The number of esters is 1. The molecule has 1 heterocycles. The average Bonchev–Trinajstić information content (AvgIpc) is 3.03. The van der Waals surface area contributed by atoms with E-state index in [1.807, 2.05) is 45.0 Å². The summed E-state index contributed by atoms with van der Waals surface area (Å²) in [6.07, 6.45) is 0. The number of ether oxygens (including phenoxy) is 1. The molecule has 154 valence electrons. The number of nitrogens with one attached hydrogen (secondary N) is 2. The van der Waals surface area contributed by atoms with Crippen LogP contribution < -0.4 is 10.6 Å². The molecule has 0 aliphatic heterocycles. The van der Waals surface area contributed by atoms with E-state index in [2.05, 4.69) is 20.6 Å². The third-order valence-corrected chi connectivity index (χ3v) is 5.40. The highest BCUT2D eigenvalue weighted by atomic mass is 127. The summed E-state index contributed by atoms with van der Waals surface area (Å²) in [6.45, 7) is 9.13. The number of benzene rings is 1. The number of aromatic nitrogens is 1. The van der Waals surface area contributed by atoms with Crippen molar-refractivity contribution in [1.82, 2.24) is 15.6 Å². The van der Waals surface area contributed by atoms with Crippen LogP contribution in [0, 0.1) is 6.92 Å². The smallest absolute Gasteiger partial charge is 0.350 e. The molecule has 0 aliphatic carbocycles. The fourth-order valence-corrected chi connectivity index (χ4v) is 3.52. The maximum absolute atomic E-state index is 12.0. The van der Waals surface area contributed by atoms with E-state index in [9.17, 15) is 4.79 Å². The normalized spacial score (nSPS) is 12.1. The fourth-order valence-electron chi connectivity index (χ4n) is 2.37. The van der Waals surface area contributed by atoms with E-state index >= 15 is 0 Å². The van der Waals surface area contributed by atoms with Gasteiger partial charge in [0.15, 0.2) is 5.96 Å². The largest absolute Gasteiger partial charge is 0.462 e. The number of nitrogens with zero attached hydrogens (tertiary/aromatic N) is 2. The summed E-state index contributed by atoms with van der Waals surface area (Å²) in [6, 6.07) is 7.53. The van der Waals surface area contributed by atoms with E-state index in [0.717, 1.165) is 17.1 Å². The maximum Gasteiger partial charge on any atom is 0.350 e. The van der Waals surface area contributed by atoms with E-state index in [-0.39, 0.29) is 36.0 Å². The Balaban J connectivity index is 0.00000392. The van der Waals surface area contributed by atoms with Gasteiger partial charge in [-0.1, -0.05) is 29.8 Å². The van der Waals surface area contributed by atoms with Gasteiger partial charge in [0.1, 0.15) is 9.88 Å². The van der Waals surface area contributed by atoms with Crippen LogP contribution in [-0.4, -0.2) is 30.1 Å². The van der Waals surface area contributed by atoms with Gasteiger partial charge in [0, 0.05) is 11.6 Å². The molecule has 1 atom stereocenters. The van der Waals surface area contributed by atoms with Crippen molar-refractivity contribution in [3.63, 3.8) is 0 Å². The minimum atomic E-state index is -0.328. The highest BCUT2D eigenvalue weighted by molar-refractivity contribution is 14.0. The standard InChI is InChI=1S/C19H25ClN4O2S.HI/c1-5-21-19(22-11-14-9-7-8-10-15(14)20)24-13(4)17-23-12(3)16(27-17)18(25)26-6-2;/h7-10,13H,5-6,11H2,1-4H3,(H2,21,22,24);1H. The van der Waals surface area contributed by atoms with E-state index in [1.165, 1.54) is 11.3 Å². The van der Waals surface area contributed by atoms with Crippen LogP contribution in [0.5, 0.6) is 0 Å². The van der Waals surface area contributed by atoms with E-state index in [4.69, 9.17) is 16.3 Å². The molecule has 9 heteroatoms. The lowest BCUT2D eigenvalue weighted by molar-refractivity contribution is 0.0531. The predicted octanol–water partition coefficient (Wildman–Crippen LogP) is 4.72. The zero-order valence-corrected chi connectivity index (χ0v) is 20.3. The summed E-state index contributed by atoms with van der Waals surface area (Å²) >= 11 is 7.54. The molecule has 0 fully saturated rings. The quantitative estimate of drug-likeness (QED) is 0.232. The highest BCUT2D eigenvalue weighted by Gasteiger charge is 2.20. The molecule has 0 radical (unpaired) electrons. The molecule has 0 saturated carbocycles. The molecule has 1 aromatic heterocycles. The predicted molar refractivity (Wildman–Crippen MR) is 126 cm³/mol. The summed E-state index contributed by atoms with van der Waals surface area (Å²) in [5.41, 5.74) is 1.64. The van der Waals surface area contributed by atoms with E-state index in [0.29, 0.717) is 34.7 Å². The Labute approximate surface area is 192 Å². The van der Waals surface area contributed by atoms with Crippen molar-refractivity contribution in [1.29, 1.82) is 0 Å². The molecule has 0 amide bonds. The molecule has 1 aromatic carbocycles. The van der Waals surface area contributed by atoms with Gasteiger partial charge in [0.05, 0.1) is 24.9 Å². The number of hydrogen-bond acceptors (Lipinski definition) is 5. The first-order valence-corrected chi connectivity index (χ1v) is 10.1. The molecule has 2 rings (SSSR count).